The molecule has 5 N–H and O–H groups in total. The number of ether oxygens (including phenoxy) is 1. The van der Waals surface area contributed by atoms with Crippen LogP contribution >= 0.6 is 11.8 Å². The lowest BCUT2D eigenvalue weighted by molar-refractivity contribution is -0.125. The molecule has 2 amide bonds. The Bertz CT molecular complexity index is 674. The summed E-state index contributed by atoms with van der Waals surface area (Å²) in [7, 11) is 0. The normalized spacial score (nSPS) is 26.4. The molecule has 2 heterocycles. The number of halogens is 1. The summed E-state index contributed by atoms with van der Waals surface area (Å²) < 4.78 is 19.0. The van der Waals surface area contributed by atoms with E-state index in [1.165, 1.54) is 18.2 Å². The molecule has 8 nitrogen and oxygen atoms in total. The van der Waals surface area contributed by atoms with Crippen molar-refractivity contribution in [2.45, 2.75) is 17.7 Å². The van der Waals surface area contributed by atoms with Crippen LogP contribution in [-0.2, 0) is 9.53 Å². The third kappa shape index (κ3) is 5.39. The van der Waals surface area contributed by atoms with E-state index in [-0.39, 0.29) is 11.1 Å². The van der Waals surface area contributed by atoms with Crippen molar-refractivity contribution >= 4 is 23.6 Å². The molecule has 2 saturated heterocycles. The quantitative estimate of drug-likeness (QED) is 0.502. The molecule has 3 atom stereocenters. The summed E-state index contributed by atoms with van der Waals surface area (Å²) in [4.78, 5) is 26.9. The number of morpholine rings is 1. The van der Waals surface area contributed by atoms with Crippen molar-refractivity contribution in [3.8, 4) is 0 Å². The number of benzene rings is 1. The van der Waals surface area contributed by atoms with Crippen LogP contribution in [0.3, 0.4) is 0 Å². The van der Waals surface area contributed by atoms with Crippen LogP contribution in [0.25, 0.3) is 0 Å². The topological polar surface area (TPSA) is 109 Å². The monoisotopic (exact) mass is 397 g/mol. The van der Waals surface area contributed by atoms with E-state index in [4.69, 9.17) is 10.5 Å². The summed E-state index contributed by atoms with van der Waals surface area (Å²) >= 11 is 1.54. The van der Waals surface area contributed by atoms with Crippen LogP contribution in [0.5, 0.6) is 0 Å². The number of carbonyl (C=O) groups is 2. The molecular weight excluding hydrogens is 373 g/mol. The van der Waals surface area contributed by atoms with E-state index in [0.29, 0.717) is 0 Å². The lowest BCUT2D eigenvalue weighted by Crippen LogP contribution is -2.70. The van der Waals surface area contributed by atoms with Gasteiger partial charge in [0, 0.05) is 25.4 Å². The second kappa shape index (κ2) is 9.47. The van der Waals surface area contributed by atoms with E-state index >= 15 is 0 Å². The van der Waals surface area contributed by atoms with E-state index in [1.54, 1.807) is 17.8 Å². The number of carbonyl (C=O) groups excluding carboxylic acids is 2. The lowest BCUT2D eigenvalue weighted by atomic mass is 10.1. The second-order valence-corrected chi connectivity index (χ2v) is 7.55. The third-order valence-corrected chi connectivity index (χ3v) is 5.47. The number of hydrogen-bond donors (Lipinski definition) is 4. The maximum Gasteiger partial charge on any atom is 0.254 e. The molecule has 27 heavy (non-hydrogen) atoms. The highest BCUT2D eigenvalue weighted by atomic mass is 32.2. The Hall–Kier alpha value is -1.72. The van der Waals surface area contributed by atoms with Crippen molar-refractivity contribution in [3.05, 3.63) is 35.6 Å². The largest absolute Gasteiger partial charge is 0.379 e. The molecule has 0 aromatic heterocycles. The van der Waals surface area contributed by atoms with Crippen molar-refractivity contribution in [2.24, 2.45) is 5.73 Å². The SMILES string of the molecule is NC1NC(SCCN2CCOCC2)NC(=O)C1NC(=O)c1ccccc1F. The fraction of sp³-hybridized carbons (Fsp3) is 0.529. The molecule has 3 rings (SSSR count). The molecule has 10 heteroatoms. The third-order valence-electron chi connectivity index (χ3n) is 4.46. The van der Waals surface area contributed by atoms with Crippen molar-refractivity contribution in [1.82, 2.24) is 20.9 Å². The van der Waals surface area contributed by atoms with Gasteiger partial charge in [-0.1, -0.05) is 12.1 Å². The maximum atomic E-state index is 13.7. The predicted octanol–water partition coefficient (Wildman–Crippen LogP) is -0.723. The first kappa shape index (κ1) is 20.0. The molecule has 1 aromatic rings. The Balaban J connectivity index is 1.47. The summed E-state index contributed by atoms with van der Waals surface area (Å²) in [6, 6.07) is 4.61. The molecule has 3 unspecified atom stereocenters. The van der Waals surface area contributed by atoms with Gasteiger partial charge in [0.25, 0.3) is 5.91 Å². The molecule has 1 aromatic carbocycles. The molecule has 2 aliphatic heterocycles. The van der Waals surface area contributed by atoms with Gasteiger partial charge in [-0.25, -0.2) is 4.39 Å². The van der Waals surface area contributed by atoms with Crippen LogP contribution in [0, 0.1) is 5.82 Å². The first-order chi connectivity index (χ1) is 13.0. The first-order valence-corrected chi connectivity index (χ1v) is 9.88. The van der Waals surface area contributed by atoms with Gasteiger partial charge >= 0.3 is 0 Å². The fourth-order valence-corrected chi connectivity index (χ4v) is 3.98. The molecular formula is C17H24FN5O3S. The predicted molar refractivity (Wildman–Crippen MR) is 100 cm³/mol. The number of nitrogens with two attached hydrogens (primary N) is 1. The molecule has 0 spiro atoms. The van der Waals surface area contributed by atoms with Crippen molar-refractivity contribution < 1.29 is 18.7 Å². The number of nitrogens with one attached hydrogen (secondary N) is 3. The summed E-state index contributed by atoms with van der Waals surface area (Å²) in [5.74, 6) is -0.903. The highest BCUT2D eigenvalue weighted by Crippen LogP contribution is 2.13. The van der Waals surface area contributed by atoms with Crippen molar-refractivity contribution in [1.29, 1.82) is 0 Å². The molecule has 0 aliphatic carbocycles. The number of rotatable bonds is 6. The van der Waals surface area contributed by atoms with Crippen LogP contribution in [0.1, 0.15) is 10.4 Å². The average Bonchev–Trinajstić information content (AvgIpc) is 2.66. The Kier molecular flexibility index (Phi) is 7.02. The highest BCUT2D eigenvalue weighted by molar-refractivity contribution is 7.99. The highest BCUT2D eigenvalue weighted by Gasteiger charge is 2.35. The Morgan fingerprint density at radius 2 is 2.11 bits per heavy atom. The maximum absolute atomic E-state index is 13.7. The fourth-order valence-electron chi connectivity index (χ4n) is 2.93. The van der Waals surface area contributed by atoms with Gasteiger partial charge in [-0.3, -0.25) is 19.8 Å². The van der Waals surface area contributed by atoms with Crippen molar-refractivity contribution in [3.63, 3.8) is 0 Å². The minimum absolute atomic E-state index is 0.125. The lowest BCUT2D eigenvalue weighted by Gasteiger charge is -2.35. The Labute approximate surface area is 161 Å². The van der Waals surface area contributed by atoms with Gasteiger partial charge in [-0.2, -0.15) is 0 Å². The molecule has 0 radical (unpaired) electrons. The molecule has 0 saturated carbocycles. The summed E-state index contributed by atoms with van der Waals surface area (Å²) in [6.45, 7) is 4.21. The smallest absolute Gasteiger partial charge is 0.254 e. The summed E-state index contributed by atoms with van der Waals surface area (Å²) in [5.41, 5.74) is 5.55. The molecule has 0 bridgehead atoms. The van der Waals surface area contributed by atoms with Crippen molar-refractivity contribution in [2.75, 3.05) is 38.6 Å². The first-order valence-electron chi connectivity index (χ1n) is 8.84. The van der Waals surface area contributed by atoms with Gasteiger partial charge < -0.3 is 21.1 Å². The standard InChI is InChI=1S/C17H24FN5O3S/c18-12-4-2-1-3-11(12)15(24)20-13-14(19)21-17(22-16(13)25)27-10-7-23-5-8-26-9-6-23/h1-4,13-14,17,21H,5-10,19H2,(H,20,24)(H,22,25). The van der Waals surface area contributed by atoms with Crippen LogP contribution in [0.2, 0.25) is 0 Å². The van der Waals surface area contributed by atoms with E-state index in [0.717, 1.165) is 38.6 Å². The van der Waals surface area contributed by atoms with E-state index in [1.807, 2.05) is 0 Å². The van der Waals surface area contributed by atoms with E-state index in [2.05, 4.69) is 20.9 Å². The Morgan fingerprint density at radius 1 is 1.37 bits per heavy atom. The van der Waals surface area contributed by atoms with Crippen LogP contribution in [0.15, 0.2) is 24.3 Å². The number of nitrogens with zero attached hydrogens (tertiary/aromatic N) is 1. The Morgan fingerprint density at radius 3 is 2.81 bits per heavy atom. The van der Waals surface area contributed by atoms with Gasteiger partial charge in [0.15, 0.2) is 0 Å². The van der Waals surface area contributed by atoms with Gasteiger partial charge in [0.05, 0.1) is 24.9 Å². The molecule has 148 valence electrons. The average molecular weight is 397 g/mol. The van der Waals surface area contributed by atoms with Gasteiger partial charge in [0.1, 0.15) is 17.4 Å². The van der Waals surface area contributed by atoms with Crippen LogP contribution in [0.4, 0.5) is 4.39 Å². The van der Waals surface area contributed by atoms with Crippen LogP contribution in [-0.4, -0.2) is 73.0 Å². The van der Waals surface area contributed by atoms with Gasteiger partial charge in [0.2, 0.25) is 5.91 Å². The zero-order chi connectivity index (χ0) is 19.2. The minimum atomic E-state index is -0.979. The minimum Gasteiger partial charge on any atom is -0.379 e. The number of amides is 2. The second-order valence-electron chi connectivity index (χ2n) is 6.34. The number of thioether (sulfide) groups is 1. The summed E-state index contributed by atoms with van der Waals surface area (Å²) in [5, 5.41) is 8.34. The van der Waals surface area contributed by atoms with E-state index in [9.17, 15) is 14.0 Å². The zero-order valence-corrected chi connectivity index (χ0v) is 15.6. The van der Waals surface area contributed by atoms with Crippen LogP contribution < -0.4 is 21.7 Å². The number of hydrogen-bond acceptors (Lipinski definition) is 7. The zero-order valence-electron chi connectivity index (χ0n) is 14.8. The van der Waals surface area contributed by atoms with Gasteiger partial charge in [-0.05, 0) is 12.1 Å². The van der Waals surface area contributed by atoms with E-state index < -0.39 is 29.8 Å². The molecule has 2 aliphatic rings. The molecule has 2 fully saturated rings. The summed E-state index contributed by atoms with van der Waals surface area (Å²) in [6.07, 6.45) is -0.768. The van der Waals surface area contributed by atoms with Gasteiger partial charge in [-0.15, -0.1) is 11.8 Å².